The van der Waals surface area contributed by atoms with Crippen LogP contribution < -0.4 is 5.73 Å². The number of hydrogen-bond acceptors (Lipinski definition) is 1. The summed E-state index contributed by atoms with van der Waals surface area (Å²) in [6.07, 6.45) is 3.77. The SMILES string of the molecule is C=CC[C@@H](N)c1cccc(CC)c1. The molecule has 0 unspecified atom stereocenters. The smallest absolute Gasteiger partial charge is 0.0329 e. The summed E-state index contributed by atoms with van der Waals surface area (Å²) < 4.78 is 0. The van der Waals surface area contributed by atoms with Crippen molar-refractivity contribution >= 4 is 0 Å². The fourth-order valence-corrected chi connectivity index (χ4v) is 1.36. The summed E-state index contributed by atoms with van der Waals surface area (Å²) in [4.78, 5) is 0. The molecule has 1 nitrogen and oxygen atoms in total. The molecule has 0 aliphatic rings. The Labute approximate surface area is 80.3 Å². The number of nitrogens with two attached hydrogens (primary N) is 1. The van der Waals surface area contributed by atoms with Crippen LogP contribution in [0.1, 0.15) is 30.5 Å². The van der Waals surface area contributed by atoms with E-state index in [4.69, 9.17) is 5.73 Å². The first-order valence-electron chi connectivity index (χ1n) is 4.73. The summed E-state index contributed by atoms with van der Waals surface area (Å²) in [5.74, 6) is 0. The molecule has 0 saturated heterocycles. The Kier molecular flexibility index (Phi) is 3.71. The lowest BCUT2D eigenvalue weighted by atomic mass is 10.0. The Morgan fingerprint density at radius 3 is 2.92 bits per heavy atom. The lowest BCUT2D eigenvalue weighted by Gasteiger charge is -2.10. The summed E-state index contributed by atoms with van der Waals surface area (Å²) in [6.45, 7) is 5.84. The van der Waals surface area contributed by atoms with Gasteiger partial charge in [0.05, 0.1) is 0 Å². The highest BCUT2D eigenvalue weighted by molar-refractivity contribution is 5.26. The fourth-order valence-electron chi connectivity index (χ4n) is 1.36. The van der Waals surface area contributed by atoms with Crippen molar-refractivity contribution in [2.45, 2.75) is 25.8 Å². The van der Waals surface area contributed by atoms with E-state index >= 15 is 0 Å². The first kappa shape index (κ1) is 10.0. The van der Waals surface area contributed by atoms with E-state index in [1.165, 1.54) is 11.1 Å². The van der Waals surface area contributed by atoms with Gasteiger partial charge < -0.3 is 5.73 Å². The summed E-state index contributed by atoms with van der Waals surface area (Å²) in [7, 11) is 0. The van der Waals surface area contributed by atoms with Crippen LogP contribution in [0.2, 0.25) is 0 Å². The first-order valence-corrected chi connectivity index (χ1v) is 4.73. The molecule has 0 amide bonds. The first-order chi connectivity index (χ1) is 6.27. The van der Waals surface area contributed by atoms with Crippen LogP contribution in [0.15, 0.2) is 36.9 Å². The number of benzene rings is 1. The van der Waals surface area contributed by atoms with Gasteiger partial charge in [-0.05, 0) is 24.0 Å². The van der Waals surface area contributed by atoms with Gasteiger partial charge in [0, 0.05) is 6.04 Å². The molecule has 0 aliphatic heterocycles. The lowest BCUT2D eigenvalue weighted by Crippen LogP contribution is -2.09. The third kappa shape index (κ3) is 2.71. The van der Waals surface area contributed by atoms with Gasteiger partial charge in [0.1, 0.15) is 0 Å². The second-order valence-electron chi connectivity index (χ2n) is 3.23. The molecule has 1 aromatic carbocycles. The standard InChI is InChI=1S/C12H17N/c1-3-6-12(13)11-8-5-7-10(4-2)9-11/h3,5,7-9,12H,1,4,6,13H2,2H3/t12-/m1/s1. The molecule has 0 bridgehead atoms. The van der Waals surface area contributed by atoms with Crippen molar-refractivity contribution in [1.82, 2.24) is 0 Å². The molecule has 0 spiro atoms. The summed E-state index contributed by atoms with van der Waals surface area (Å²) in [6, 6.07) is 8.55. The second-order valence-corrected chi connectivity index (χ2v) is 3.23. The Morgan fingerprint density at radius 2 is 2.31 bits per heavy atom. The summed E-state index contributed by atoms with van der Waals surface area (Å²) in [5, 5.41) is 0. The molecule has 0 radical (unpaired) electrons. The van der Waals surface area contributed by atoms with Gasteiger partial charge in [-0.2, -0.15) is 0 Å². The van der Waals surface area contributed by atoms with Gasteiger partial charge in [-0.3, -0.25) is 0 Å². The molecular weight excluding hydrogens is 158 g/mol. The quantitative estimate of drug-likeness (QED) is 0.700. The molecule has 0 aliphatic carbocycles. The Balaban J connectivity index is 2.81. The maximum Gasteiger partial charge on any atom is 0.0329 e. The van der Waals surface area contributed by atoms with Crippen molar-refractivity contribution in [1.29, 1.82) is 0 Å². The largest absolute Gasteiger partial charge is 0.324 e. The van der Waals surface area contributed by atoms with Crippen LogP contribution in [0.5, 0.6) is 0 Å². The van der Waals surface area contributed by atoms with Gasteiger partial charge in [0.2, 0.25) is 0 Å². The van der Waals surface area contributed by atoms with E-state index in [-0.39, 0.29) is 6.04 Å². The van der Waals surface area contributed by atoms with E-state index in [0.29, 0.717) is 0 Å². The van der Waals surface area contributed by atoms with Gasteiger partial charge >= 0.3 is 0 Å². The molecule has 0 fully saturated rings. The van der Waals surface area contributed by atoms with E-state index in [2.05, 4.69) is 37.8 Å². The van der Waals surface area contributed by atoms with E-state index in [1.54, 1.807) is 0 Å². The van der Waals surface area contributed by atoms with Crippen LogP contribution in [-0.4, -0.2) is 0 Å². The minimum absolute atomic E-state index is 0.101. The number of hydrogen-bond donors (Lipinski definition) is 1. The van der Waals surface area contributed by atoms with Crippen molar-refractivity contribution in [2.24, 2.45) is 5.73 Å². The topological polar surface area (TPSA) is 26.0 Å². The van der Waals surface area contributed by atoms with Crippen molar-refractivity contribution < 1.29 is 0 Å². The van der Waals surface area contributed by atoms with E-state index in [0.717, 1.165) is 12.8 Å². The highest BCUT2D eigenvalue weighted by Gasteiger charge is 2.03. The molecule has 0 aromatic heterocycles. The van der Waals surface area contributed by atoms with Crippen molar-refractivity contribution in [3.8, 4) is 0 Å². The highest BCUT2D eigenvalue weighted by Crippen LogP contribution is 2.15. The van der Waals surface area contributed by atoms with E-state index < -0.39 is 0 Å². The third-order valence-electron chi connectivity index (χ3n) is 2.21. The van der Waals surface area contributed by atoms with Crippen LogP contribution in [0.25, 0.3) is 0 Å². The molecule has 1 rings (SSSR count). The average Bonchev–Trinajstić information content (AvgIpc) is 2.18. The maximum atomic E-state index is 5.96. The monoisotopic (exact) mass is 175 g/mol. The van der Waals surface area contributed by atoms with Crippen LogP contribution in [-0.2, 0) is 6.42 Å². The summed E-state index contributed by atoms with van der Waals surface area (Å²) >= 11 is 0. The zero-order chi connectivity index (χ0) is 9.68. The highest BCUT2D eigenvalue weighted by atomic mass is 14.6. The van der Waals surface area contributed by atoms with Crippen LogP contribution in [0, 0.1) is 0 Å². The molecule has 1 atom stereocenters. The minimum atomic E-state index is 0.101. The Morgan fingerprint density at radius 1 is 1.54 bits per heavy atom. The molecule has 13 heavy (non-hydrogen) atoms. The van der Waals surface area contributed by atoms with Crippen molar-refractivity contribution in [2.75, 3.05) is 0 Å². The molecule has 1 heteroatoms. The number of aryl methyl sites for hydroxylation is 1. The molecule has 1 aromatic rings. The second kappa shape index (κ2) is 4.83. The zero-order valence-corrected chi connectivity index (χ0v) is 8.16. The van der Waals surface area contributed by atoms with Crippen molar-refractivity contribution in [3.05, 3.63) is 48.0 Å². The van der Waals surface area contributed by atoms with Crippen molar-refractivity contribution in [3.63, 3.8) is 0 Å². The van der Waals surface area contributed by atoms with E-state index in [9.17, 15) is 0 Å². The van der Waals surface area contributed by atoms with Crippen LogP contribution in [0.3, 0.4) is 0 Å². The Bertz CT molecular complexity index is 278. The van der Waals surface area contributed by atoms with Gasteiger partial charge in [-0.15, -0.1) is 6.58 Å². The normalized spacial score (nSPS) is 12.5. The van der Waals surface area contributed by atoms with E-state index in [1.807, 2.05) is 6.08 Å². The molecule has 0 saturated carbocycles. The predicted molar refractivity (Wildman–Crippen MR) is 57.6 cm³/mol. The van der Waals surface area contributed by atoms with Crippen LogP contribution in [0.4, 0.5) is 0 Å². The number of rotatable bonds is 4. The average molecular weight is 175 g/mol. The van der Waals surface area contributed by atoms with Crippen LogP contribution >= 0.6 is 0 Å². The van der Waals surface area contributed by atoms with Gasteiger partial charge in [0.25, 0.3) is 0 Å². The Hall–Kier alpha value is -1.08. The maximum absolute atomic E-state index is 5.96. The van der Waals surface area contributed by atoms with Gasteiger partial charge in [0.15, 0.2) is 0 Å². The fraction of sp³-hybridized carbons (Fsp3) is 0.333. The van der Waals surface area contributed by atoms with Gasteiger partial charge in [-0.1, -0.05) is 37.3 Å². The third-order valence-corrected chi connectivity index (χ3v) is 2.21. The molecule has 0 heterocycles. The predicted octanol–water partition coefficient (Wildman–Crippen LogP) is 2.82. The molecule has 2 N–H and O–H groups in total. The molecular formula is C12H17N. The minimum Gasteiger partial charge on any atom is -0.324 e. The molecule has 70 valence electrons. The van der Waals surface area contributed by atoms with Gasteiger partial charge in [-0.25, -0.2) is 0 Å². The zero-order valence-electron chi connectivity index (χ0n) is 8.16. The summed E-state index contributed by atoms with van der Waals surface area (Å²) in [5.41, 5.74) is 8.51. The lowest BCUT2D eigenvalue weighted by molar-refractivity contribution is 0.740.